The fourth-order valence-corrected chi connectivity index (χ4v) is 1.66. The molecule has 0 spiro atoms. The molecule has 0 fully saturated rings. The van der Waals surface area contributed by atoms with Crippen LogP contribution >= 0.6 is 11.6 Å². The van der Waals surface area contributed by atoms with E-state index in [1.54, 1.807) is 0 Å². The van der Waals surface area contributed by atoms with Gasteiger partial charge in [-0.15, -0.1) is 0 Å². The molecule has 1 aromatic rings. The van der Waals surface area contributed by atoms with Crippen LogP contribution in [0.4, 0.5) is 0 Å². The van der Waals surface area contributed by atoms with E-state index in [1.807, 2.05) is 18.7 Å². The number of halogens is 1. The Morgan fingerprint density at radius 2 is 2.00 bits per heavy atom. The molecule has 1 aromatic heterocycles. The summed E-state index contributed by atoms with van der Waals surface area (Å²) in [5.74, 6) is 0. The summed E-state index contributed by atoms with van der Waals surface area (Å²) in [6.07, 6.45) is 0. The molecule has 1 N–H and O–H groups in total. The average molecular weight is 244 g/mol. The monoisotopic (exact) mass is 243 g/mol. The maximum Gasteiger partial charge on any atom is 0.0860 e. The van der Waals surface area contributed by atoms with Crippen LogP contribution in [0, 0.1) is 12.3 Å². The standard InChI is InChI=1S/C12H22ClN3/c1-8-11(13)10(16(6)15-8)7-14-9(2)12(3,4)5/h9,14H,7H2,1-6H3. The van der Waals surface area contributed by atoms with Gasteiger partial charge in [0, 0.05) is 19.6 Å². The zero-order valence-corrected chi connectivity index (χ0v) is 11.8. The van der Waals surface area contributed by atoms with Crippen LogP contribution in [-0.2, 0) is 13.6 Å². The van der Waals surface area contributed by atoms with Gasteiger partial charge < -0.3 is 5.32 Å². The number of aromatic nitrogens is 2. The molecular formula is C12H22ClN3. The van der Waals surface area contributed by atoms with Crippen LogP contribution in [0.15, 0.2) is 0 Å². The number of nitrogens with zero attached hydrogens (tertiary/aromatic N) is 2. The fraction of sp³-hybridized carbons (Fsp3) is 0.750. The number of nitrogens with one attached hydrogen (secondary N) is 1. The minimum absolute atomic E-state index is 0.250. The molecule has 0 radical (unpaired) electrons. The van der Waals surface area contributed by atoms with Crippen LogP contribution < -0.4 is 5.32 Å². The number of hydrogen-bond donors (Lipinski definition) is 1. The van der Waals surface area contributed by atoms with Crippen molar-refractivity contribution in [3.8, 4) is 0 Å². The Hall–Kier alpha value is -0.540. The second kappa shape index (κ2) is 4.76. The van der Waals surface area contributed by atoms with Crippen molar-refractivity contribution in [1.29, 1.82) is 0 Å². The highest BCUT2D eigenvalue weighted by Crippen LogP contribution is 2.22. The van der Waals surface area contributed by atoms with E-state index in [-0.39, 0.29) is 5.41 Å². The lowest BCUT2D eigenvalue weighted by atomic mass is 9.88. The molecule has 0 aliphatic rings. The summed E-state index contributed by atoms with van der Waals surface area (Å²) >= 11 is 6.19. The van der Waals surface area contributed by atoms with Gasteiger partial charge in [0.25, 0.3) is 0 Å². The van der Waals surface area contributed by atoms with E-state index in [1.165, 1.54) is 0 Å². The van der Waals surface area contributed by atoms with Gasteiger partial charge in [-0.2, -0.15) is 5.10 Å². The number of aryl methyl sites for hydroxylation is 2. The first-order valence-electron chi connectivity index (χ1n) is 5.65. The van der Waals surface area contributed by atoms with Crippen molar-refractivity contribution >= 4 is 11.6 Å². The molecule has 1 rings (SSSR count). The Labute approximate surface area is 103 Å². The molecule has 0 bridgehead atoms. The van der Waals surface area contributed by atoms with Crippen LogP contribution in [0.5, 0.6) is 0 Å². The molecule has 92 valence electrons. The van der Waals surface area contributed by atoms with Crippen molar-refractivity contribution in [2.45, 2.75) is 47.2 Å². The van der Waals surface area contributed by atoms with Crippen molar-refractivity contribution in [3.63, 3.8) is 0 Å². The van der Waals surface area contributed by atoms with Crippen LogP contribution in [0.25, 0.3) is 0 Å². The lowest BCUT2D eigenvalue weighted by molar-refractivity contribution is 0.283. The first kappa shape index (κ1) is 13.5. The van der Waals surface area contributed by atoms with E-state index in [9.17, 15) is 0 Å². The lowest BCUT2D eigenvalue weighted by Crippen LogP contribution is -2.37. The van der Waals surface area contributed by atoms with E-state index in [0.717, 1.165) is 23.0 Å². The molecule has 1 heterocycles. The first-order chi connectivity index (χ1) is 7.23. The van der Waals surface area contributed by atoms with Gasteiger partial charge in [0.1, 0.15) is 0 Å². The first-order valence-corrected chi connectivity index (χ1v) is 6.02. The summed E-state index contributed by atoms with van der Waals surface area (Å²) in [6, 6.07) is 0.429. The predicted molar refractivity (Wildman–Crippen MR) is 68.7 cm³/mol. The van der Waals surface area contributed by atoms with Crippen molar-refractivity contribution < 1.29 is 0 Å². The minimum Gasteiger partial charge on any atom is -0.308 e. The Morgan fingerprint density at radius 3 is 2.38 bits per heavy atom. The zero-order chi connectivity index (χ0) is 12.5. The van der Waals surface area contributed by atoms with Crippen LogP contribution in [-0.4, -0.2) is 15.8 Å². The topological polar surface area (TPSA) is 29.9 Å². The normalized spacial score (nSPS) is 14.2. The zero-order valence-electron chi connectivity index (χ0n) is 11.1. The van der Waals surface area contributed by atoms with Gasteiger partial charge in [-0.3, -0.25) is 4.68 Å². The van der Waals surface area contributed by atoms with E-state index in [2.05, 4.69) is 38.1 Å². The smallest absolute Gasteiger partial charge is 0.0860 e. The molecule has 0 aliphatic heterocycles. The van der Waals surface area contributed by atoms with Crippen LogP contribution in [0.3, 0.4) is 0 Å². The second-order valence-electron chi connectivity index (χ2n) is 5.44. The van der Waals surface area contributed by atoms with Crippen LogP contribution in [0.1, 0.15) is 39.1 Å². The van der Waals surface area contributed by atoms with Gasteiger partial charge in [-0.25, -0.2) is 0 Å². The lowest BCUT2D eigenvalue weighted by Gasteiger charge is -2.28. The van der Waals surface area contributed by atoms with E-state index < -0.39 is 0 Å². The fourth-order valence-electron chi connectivity index (χ4n) is 1.43. The van der Waals surface area contributed by atoms with Gasteiger partial charge in [-0.05, 0) is 19.3 Å². The highest BCUT2D eigenvalue weighted by atomic mass is 35.5. The largest absolute Gasteiger partial charge is 0.308 e. The number of rotatable bonds is 3. The minimum atomic E-state index is 0.250. The Bertz CT molecular complexity index is 363. The van der Waals surface area contributed by atoms with Gasteiger partial charge in [0.2, 0.25) is 0 Å². The van der Waals surface area contributed by atoms with Gasteiger partial charge in [0.15, 0.2) is 0 Å². The molecule has 3 nitrogen and oxygen atoms in total. The van der Waals surface area contributed by atoms with E-state index >= 15 is 0 Å². The predicted octanol–water partition coefficient (Wildman–Crippen LogP) is 2.91. The summed E-state index contributed by atoms with van der Waals surface area (Å²) in [5, 5.41) is 8.56. The highest BCUT2D eigenvalue weighted by molar-refractivity contribution is 6.31. The van der Waals surface area contributed by atoms with E-state index in [4.69, 9.17) is 11.6 Å². The SMILES string of the molecule is Cc1nn(C)c(CNC(C)C(C)(C)C)c1Cl. The van der Waals surface area contributed by atoms with Gasteiger partial charge >= 0.3 is 0 Å². The maximum atomic E-state index is 6.19. The molecule has 0 saturated carbocycles. The quantitative estimate of drug-likeness (QED) is 0.885. The van der Waals surface area contributed by atoms with Crippen molar-refractivity contribution in [2.24, 2.45) is 12.5 Å². The highest BCUT2D eigenvalue weighted by Gasteiger charge is 2.20. The maximum absolute atomic E-state index is 6.19. The molecule has 1 atom stereocenters. The summed E-state index contributed by atoms with van der Waals surface area (Å²) in [5.41, 5.74) is 2.19. The van der Waals surface area contributed by atoms with Crippen molar-refractivity contribution in [3.05, 3.63) is 16.4 Å². The molecule has 16 heavy (non-hydrogen) atoms. The van der Waals surface area contributed by atoms with Gasteiger partial charge in [-0.1, -0.05) is 32.4 Å². The third-order valence-corrected chi connectivity index (χ3v) is 3.63. The van der Waals surface area contributed by atoms with Gasteiger partial charge in [0.05, 0.1) is 16.4 Å². The molecule has 0 aromatic carbocycles. The number of hydrogen-bond acceptors (Lipinski definition) is 2. The molecule has 0 aliphatic carbocycles. The summed E-state index contributed by atoms with van der Waals surface area (Å²) in [7, 11) is 1.93. The third-order valence-electron chi connectivity index (χ3n) is 3.14. The Balaban J connectivity index is 2.68. The summed E-state index contributed by atoms with van der Waals surface area (Å²) in [6.45, 7) is 11.5. The summed E-state index contributed by atoms with van der Waals surface area (Å²) in [4.78, 5) is 0. The molecular weight excluding hydrogens is 222 g/mol. The van der Waals surface area contributed by atoms with Crippen LogP contribution in [0.2, 0.25) is 5.02 Å². The molecule has 4 heteroatoms. The Kier molecular flexibility index (Phi) is 4.02. The molecule has 0 saturated heterocycles. The second-order valence-corrected chi connectivity index (χ2v) is 5.82. The molecule has 0 amide bonds. The van der Waals surface area contributed by atoms with Crippen molar-refractivity contribution in [1.82, 2.24) is 15.1 Å². The third kappa shape index (κ3) is 2.98. The average Bonchev–Trinajstić information content (AvgIpc) is 2.37. The molecule has 1 unspecified atom stereocenters. The van der Waals surface area contributed by atoms with Crippen molar-refractivity contribution in [2.75, 3.05) is 0 Å². The van der Waals surface area contributed by atoms with E-state index in [0.29, 0.717) is 6.04 Å². The summed E-state index contributed by atoms with van der Waals surface area (Å²) < 4.78 is 1.85. The Morgan fingerprint density at radius 1 is 1.44 bits per heavy atom.